The highest BCUT2D eigenvalue weighted by Gasteiger charge is 2.19. The Morgan fingerprint density at radius 2 is 1.93 bits per heavy atom. The highest BCUT2D eigenvalue weighted by molar-refractivity contribution is 5.98. The van der Waals surface area contributed by atoms with Crippen LogP contribution in [0.25, 0.3) is 22.4 Å². The van der Waals surface area contributed by atoms with E-state index < -0.39 is 0 Å². The number of benzene rings is 1. The Balaban J connectivity index is 1.66. The van der Waals surface area contributed by atoms with Gasteiger partial charge in [-0.15, -0.1) is 0 Å². The number of fused-ring (bicyclic) bond motifs is 1. The van der Waals surface area contributed by atoms with Crippen molar-refractivity contribution in [3.8, 4) is 17.0 Å². The number of hydrogen-bond acceptors (Lipinski definition) is 8. The summed E-state index contributed by atoms with van der Waals surface area (Å²) in [5, 5.41) is 12.3. The molecule has 8 nitrogen and oxygen atoms in total. The van der Waals surface area contributed by atoms with Crippen molar-refractivity contribution in [2.24, 2.45) is 0 Å². The van der Waals surface area contributed by atoms with Gasteiger partial charge in [-0.1, -0.05) is 22.4 Å². The van der Waals surface area contributed by atoms with Gasteiger partial charge in [0.05, 0.1) is 12.8 Å². The Morgan fingerprint density at radius 3 is 2.70 bits per heavy atom. The zero-order valence-corrected chi connectivity index (χ0v) is 15.3. The van der Waals surface area contributed by atoms with Crippen LogP contribution in [0.3, 0.4) is 0 Å². The second kappa shape index (κ2) is 7.06. The van der Waals surface area contributed by atoms with Crippen molar-refractivity contribution in [1.82, 2.24) is 20.3 Å². The van der Waals surface area contributed by atoms with Gasteiger partial charge in [0, 0.05) is 17.7 Å². The third-order valence-corrected chi connectivity index (χ3v) is 4.48. The number of ether oxygens (including phenoxy) is 1. The van der Waals surface area contributed by atoms with Gasteiger partial charge in [0.2, 0.25) is 0 Å². The molecule has 4 rings (SSSR count). The molecule has 3 aromatic heterocycles. The second-order valence-corrected chi connectivity index (χ2v) is 6.11. The molecule has 4 aromatic rings. The Morgan fingerprint density at radius 1 is 1.07 bits per heavy atom. The van der Waals surface area contributed by atoms with E-state index in [1.807, 2.05) is 38.1 Å². The largest absolute Gasteiger partial charge is 0.496 e. The molecule has 0 atom stereocenters. The van der Waals surface area contributed by atoms with E-state index in [4.69, 9.17) is 13.8 Å². The highest BCUT2D eigenvalue weighted by atomic mass is 16.5. The fourth-order valence-electron chi connectivity index (χ4n) is 3.11. The average Bonchev–Trinajstić information content (AvgIpc) is 3.26. The highest BCUT2D eigenvalue weighted by Crippen LogP contribution is 2.36. The molecule has 0 aliphatic rings. The SMILES string of the molecule is COc1ccccc1-c1noc2ncnc(NCCc3c(C)noc3C)c12. The van der Waals surface area contributed by atoms with Crippen molar-refractivity contribution in [2.75, 3.05) is 19.0 Å². The van der Waals surface area contributed by atoms with E-state index >= 15 is 0 Å². The molecule has 0 saturated heterocycles. The lowest BCUT2D eigenvalue weighted by Gasteiger charge is -2.08. The summed E-state index contributed by atoms with van der Waals surface area (Å²) in [6.07, 6.45) is 2.22. The molecule has 0 aliphatic carbocycles. The molecule has 3 heterocycles. The molecule has 0 bridgehead atoms. The molecule has 0 fully saturated rings. The lowest BCUT2D eigenvalue weighted by molar-refractivity contribution is 0.392. The quantitative estimate of drug-likeness (QED) is 0.554. The van der Waals surface area contributed by atoms with E-state index in [-0.39, 0.29) is 0 Å². The third kappa shape index (κ3) is 3.10. The van der Waals surface area contributed by atoms with Crippen LogP contribution in [0.1, 0.15) is 17.0 Å². The molecule has 0 saturated carbocycles. The monoisotopic (exact) mass is 365 g/mol. The smallest absolute Gasteiger partial charge is 0.263 e. The maximum atomic E-state index is 5.45. The first-order valence-corrected chi connectivity index (χ1v) is 8.58. The second-order valence-electron chi connectivity index (χ2n) is 6.11. The van der Waals surface area contributed by atoms with Crippen molar-refractivity contribution < 1.29 is 13.8 Å². The van der Waals surface area contributed by atoms with Crippen molar-refractivity contribution in [3.05, 3.63) is 47.6 Å². The van der Waals surface area contributed by atoms with Gasteiger partial charge in [0.25, 0.3) is 5.71 Å². The van der Waals surface area contributed by atoms with Crippen LogP contribution in [0.4, 0.5) is 5.82 Å². The van der Waals surface area contributed by atoms with E-state index in [1.54, 1.807) is 7.11 Å². The van der Waals surface area contributed by atoms with Crippen LogP contribution in [-0.2, 0) is 6.42 Å². The molecule has 1 N–H and O–H groups in total. The first-order valence-electron chi connectivity index (χ1n) is 8.58. The standard InChI is InChI=1S/C19H19N5O3/c1-11-13(12(2)26-23-11)8-9-20-18-16-17(24-27-19(16)22-10-21-18)14-6-4-5-7-15(14)25-3/h4-7,10H,8-9H2,1-3H3,(H,20,21,22). The van der Waals surface area contributed by atoms with Crippen molar-refractivity contribution in [1.29, 1.82) is 0 Å². The normalized spacial score (nSPS) is 11.1. The molecule has 0 aliphatic heterocycles. The number of hydrogen-bond donors (Lipinski definition) is 1. The summed E-state index contributed by atoms with van der Waals surface area (Å²) in [5.74, 6) is 2.20. The lowest BCUT2D eigenvalue weighted by atomic mass is 10.1. The van der Waals surface area contributed by atoms with Crippen molar-refractivity contribution >= 4 is 16.9 Å². The zero-order valence-electron chi connectivity index (χ0n) is 15.3. The fourth-order valence-corrected chi connectivity index (χ4v) is 3.11. The minimum atomic E-state index is 0.422. The summed E-state index contributed by atoms with van der Waals surface area (Å²) >= 11 is 0. The summed E-state index contributed by atoms with van der Waals surface area (Å²) in [7, 11) is 1.63. The predicted octanol–water partition coefficient (Wildman–Crippen LogP) is 3.55. The van der Waals surface area contributed by atoms with E-state index in [9.17, 15) is 0 Å². The Labute approximate surface area is 155 Å². The fraction of sp³-hybridized carbons (Fsp3) is 0.263. The van der Waals surface area contributed by atoms with Gasteiger partial charge in [0.15, 0.2) is 0 Å². The molecule has 138 valence electrons. The molecule has 0 amide bonds. The average molecular weight is 365 g/mol. The van der Waals surface area contributed by atoms with Gasteiger partial charge in [-0.05, 0) is 32.4 Å². The number of rotatable bonds is 6. The molecule has 0 unspecified atom stereocenters. The van der Waals surface area contributed by atoms with E-state index in [2.05, 4.69) is 25.6 Å². The Bertz CT molecular complexity index is 1070. The first kappa shape index (κ1) is 17.0. The Hall–Kier alpha value is -3.42. The molecule has 0 spiro atoms. The summed E-state index contributed by atoms with van der Waals surface area (Å²) in [5.41, 5.74) is 3.89. The number of aromatic nitrogens is 4. The van der Waals surface area contributed by atoms with Crippen LogP contribution in [0, 0.1) is 13.8 Å². The van der Waals surface area contributed by atoms with E-state index in [0.717, 1.165) is 34.4 Å². The predicted molar refractivity (Wildman–Crippen MR) is 99.8 cm³/mol. The van der Waals surface area contributed by atoms with E-state index in [0.29, 0.717) is 29.5 Å². The number of aryl methyl sites for hydroxylation is 2. The lowest BCUT2D eigenvalue weighted by Crippen LogP contribution is -2.08. The third-order valence-electron chi connectivity index (χ3n) is 4.48. The maximum absolute atomic E-state index is 5.45. The summed E-state index contributed by atoms with van der Waals surface area (Å²) < 4.78 is 16.1. The number of nitrogens with zero attached hydrogens (tertiary/aromatic N) is 4. The molecule has 8 heteroatoms. The first-order chi connectivity index (χ1) is 13.2. The van der Waals surface area contributed by atoms with Gasteiger partial charge in [-0.25, -0.2) is 4.98 Å². The van der Waals surface area contributed by atoms with Crippen LogP contribution in [0.5, 0.6) is 5.75 Å². The van der Waals surface area contributed by atoms with Crippen molar-refractivity contribution in [3.63, 3.8) is 0 Å². The number of para-hydroxylation sites is 1. The summed E-state index contributed by atoms with van der Waals surface area (Å²) in [4.78, 5) is 8.57. The van der Waals surface area contributed by atoms with Crippen LogP contribution in [-0.4, -0.2) is 33.9 Å². The number of anilines is 1. The molecule has 1 aromatic carbocycles. The van der Waals surface area contributed by atoms with Gasteiger partial charge in [-0.3, -0.25) is 0 Å². The van der Waals surface area contributed by atoms with Crippen LogP contribution in [0.2, 0.25) is 0 Å². The van der Waals surface area contributed by atoms with E-state index in [1.165, 1.54) is 6.33 Å². The van der Waals surface area contributed by atoms with Gasteiger partial charge in [0.1, 0.15) is 34.7 Å². The zero-order chi connectivity index (χ0) is 18.8. The van der Waals surface area contributed by atoms with Gasteiger partial charge < -0.3 is 19.1 Å². The van der Waals surface area contributed by atoms with Gasteiger partial charge >= 0.3 is 0 Å². The molecule has 0 radical (unpaired) electrons. The van der Waals surface area contributed by atoms with Gasteiger partial charge in [-0.2, -0.15) is 4.98 Å². The van der Waals surface area contributed by atoms with Crippen LogP contribution < -0.4 is 10.1 Å². The number of methoxy groups -OCH3 is 1. The topological polar surface area (TPSA) is 99.1 Å². The molecular weight excluding hydrogens is 346 g/mol. The summed E-state index contributed by atoms with van der Waals surface area (Å²) in [6.45, 7) is 4.51. The minimum absolute atomic E-state index is 0.422. The maximum Gasteiger partial charge on any atom is 0.263 e. The minimum Gasteiger partial charge on any atom is -0.496 e. The summed E-state index contributed by atoms with van der Waals surface area (Å²) in [6, 6.07) is 7.64. The molecule has 27 heavy (non-hydrogen) atoms. The number of nitrogens with one attached hydrogen (secondary N) is 1. The molecular formula is C19H19N5O3. The van der Waals surface area contributed by atoms with Crippen LogP contribution in [0.15, 0.2) is 39.6 Å². The van der Waals surface area contributed by atoms with Crippen molar-refractivity contribution in [2.45, 2.75) is 20.3 Å². The van der Waals surface area contributed by atoms with Crippen LogP contribution >= 0.6 is 0 Å². The Kier molecular flexibility index (Phi) is 4.45.